The number of carbonyl (C=O) groups is 2. The minimum Gasteiger partial charge on any atom is -0.481 e. The second kappa shape index (κ2) is 5.18. The van der Waals surface area contributed by atoms with Crippen LogP contribution in [0.1, 0.15) is 33.1 Å². The van der Waals surface area contributed by atoms with Gasteiger partial charge in [0.2, 0.25) is 0 Å². The van der Waals surface area contributed by atoms with E-state index in [4.69, 9.17) is 9.84 Å². The third-order valence-corrected chi connectivity index (χ3v) is 3.10. The highest BCUT2D eigenvalue weighted by atomic mass is 16.6. The molecule has 0 aromatic rings. The predicted molar refractivity (Wildman–Crippen MR) is 58.2 cm³/mol. The van der Waals surface area contributed by atoms with Gasteiger partial charge in [0.25, 0.3) is 0 Å². The lowest BCUT2D eigenvalue weighted by atomic mass is 9.78. The number of nitrogens with zero attached hydrogens (tertiary/aromatic N) is 1. The molecule has 0 atom stereocenters. The van der Waals surface area contributed by atoms with Gasteiger partial charge in [-0.05, 0) is 12.8 Å². The maximum absolute atomic E-state index is 11.4. The lowest BCUT2D eigenvalue weighted by molar-refractivity contribution is -0.159. The van der Waals surface area contributed by atoms with Crippen molar-refractivity contribution in [1.29, 1.82) is 0 Å². The summed E-state index contributed by atoms with van der Waals surface area (Å²) < 4.78 is 5.00. The Kier molecular flexibility index (Phi) is 4.15. The summed E-state index contributed by atoms with van der Waals surface area (Å²) in [6.07, 6.45) is 1.97. The third kappa shape index (κ3) is 2.46. The molecule has 0 spiro atoms. The average Bonchev–Trinajstić information content (AvgIpc) is 2.16. The number of aliphatic carboxylic acids is 1. The highest BCUT2D eigenvalue weighted by molar-refractivity contribution is 5.80. The van der Waals surface area contributed by atoms with E-state index >= 15 is 0 Å². The molecule has 1 aliphatic heterocycles. The van der Waals surface area contributed by atoms with Gasteiger partial charge in [-0.25, -0.2) is 4.79 Å². The summed E-state index contributed by atoms with van der Waals surface area (Å²) >= 11 is 0. The molecule has 1 aliphatic rings. The molecule has 16 heavy (non-hydrogen) atoms. The predicted octanol–water partition coefficient (Wildman–Crippen LogP) is 1.72. The zero-order chi connectivity index (χ0) is 12.2. The lowest BCUT2D eigenvalue weighted by Gasteiger charge is -2.45. The summed E-state index contributed by atoms with van der Waals surface area (Å²) in [4.78, 5) is 23.9. The van der Waals surface area contributed by atoms with Crippen molar-refractivity contribution in [2.24, 2.45) is 5.41 Å². The fourth-order valence-corrected chi connectivity index (χ4v) is 1.72. The zero-order valence-corrected chi connectivity index (χ0v) is 9.86. The Morgan fingerprint density at radius 3 is 2.44 bits per heavy atom. The number of carboxylic acids is 1. The maximum atomic E-state index is 11.4. The molecule has 1 N–H and O–H groups in total. The van der Waals surface area contributed by atoms with Gasteiger partial charge in [0.1, 0.15) is 5.41 Å². The fourth-order valence-electron chi connectivity index (χ4n) is 1.72. The van der Waals surface area contributed by atoms with E-state index < -0.39 is 17.5 Å². The van der Waals surface area contributed by atoms with Gasteiger partial charge in [-0.15, -0.1) is 0 Å². The Morgan fingerprint density at radius 2 is 2.00 bits per heavy atom. The first-order valence-corrected chi connectivity index (χ1v) is 5.71. The van der Waals surface area contributed by atoms with E-state index in [9.17, 15) is 9.59 Å². The number of likely N-dealkylation sites (tertiary alicyclic amines) is 1. The van der Waals surface area contributed by atoms with Crippen LogP contribution >= 0.6 is 0 Å². The quantitative estimate of drug-likeness (QED) is 0.729. The smallest absolute Gasteiger partial charge is 0.409 e. The van der Waals surface area contributed by atoms with Crippen LogP contribution in [0.4, 0.5) is 4.79 Å². The van der Waals surface area contributed by atoms with Crippen molar-refractivity contribution in [3.05, 3.63) is 0 Å². The standard InChI is InChI=1S/C11H19NO4/c1-3-5-6-16-10(15)12-7-11(4-2,8-12)9(13)14/h3-8H2,1-2H3,(H,13,14). The number of carbonyl (C=O) groups excluding carboxylic acids is 1. The van der Waals surface area contributed by atoms with Crippen LogP contribution in [0.5, 0.6) is 0 Å². The molecule has 92 valence electrons. The second-order valence-corrected chi connectivity index (χ2v) is 4.26. The van der Waals surface area contributed by atoms with E-state index in [1.54, 1.807) is 0 Å². The number of hydrogen-bond acceptors (Lipinski definition) is 3. The summed E-state index contributed by atoms with van der Waals surface area (Å²) in [6.45, 7) is 4.80. The SMILES string of the molecule is CCCCOC(=O)N1CC(CC)(C(=O)O)C1. The Labute approximate surface area is 95.4 Å². The van der Waals surface area contributed by atoms with Crippen LogP contribution in [0.25, 0.3) is 0 Å². The molecule has 5 nitrogen and oxygen atoms in total. The second-order valence-electron chi connectivity index (χ2n) is 4.26. The zero-order valence-electron chi connectivity index (χ0n) is 9.86. The first-order chi connectivity index (χ1) is 7.55. The van der Waals surface area contributed by atoms with Crippen LogP contribution in [0.2, 0.25) is 0 Å². The van der Waals surface area contributed by atoms with Crippen LogP contribution in [0, 0.1) is 5.41 Å². The van der Waals surface area contributed by atoms with Gasteiger partial charge in [0, 0.05) is 13.1 Å². The molecule has 0 saturated carbocycles. The van der Waals surface area contributed by atoms with Crippen LogP contribution < -0.4 is 0 Å². The minimum atomic E-state index is -0.826. The van der Waals surface area contributed by atoms with E-state index in [-0.39, 0.29) is 13.1 Å². The minimum absolute atomic E-state index is 0.268. The number of hydrogen-bond donors (Lipinski definition) is 1. The number of unbranched alkanes of at least 4 members (excludes halogenated alkanes) is 1. The molecule has 0 bridgehead atoms. The first-order valence-electron chi connectivity index (χ1n) is 5.71. The lowest BCUT2D eigenvalue weighted by Crippen LogP contribution is -2.61. The molecule has 1 heterocycles. The molecule has 1 rings (SSSR count). The van der Waals surface area contributed by atoms with Crippen molar-refractivity contribution < 1.29 is 19.4 Å². The third-order valence-electron chi connectivity index (χ3n) is 3.10. The van der Waals surface area contributed by atoms with E-state index in [0.29, 0.717) is 13.0 Å². The molecule has 1 saturated heterocycles. The van der Waals surface area contributed by atoms with E-state index in [2.05, 4.69) is 0 Å². The molecule has 0 aromatic heterocycles. The number of carboxylic acid groups (broad SMARTS) is 1. The monoisotopic (exact) mass is 229 g/mol. The fraction of sp³-hybridized carbons (Fsp3) is 0.818. The van der Waals surface area contributed by atoms with Crippen LogP contribution in [-0.4, -0.2) is 41.8 Å². The van der Waals surface area contributed by atoms with E-state index in [0.717, 1.165) is 12.8 Å². The van der Waals surface area contributed by atoms with E-state index in [1.807, 2.05) is 13.8 Å². The van der Waals surface area contributed by atoms with Gasteiger partial charge >= 0.3 is 12.1 Å². The topological polar surface area (TPSA) is 66.8 Å². The number of amides is 1. The molecule has 0 aliphatic carbocycles. The summed E-state index contributed by atoms with van der Waals surface area (Å²) in [5, 5.41) is 9.02. The van der Waals surface area contributed by atoms with E-state index in [1.165, 1.54) is 4.90 Å². The summed E-state index contributed by atoms with van der Waals surface area (Å²) in [7, 11) is 0. The Hall–Kier alpha value is -1.26. The largest absolute Gasteiger partial charge is 0.481 e. The Morgan fingerprint density at radius 1 is 1.38 bits per heavy atom. The molecule has 0 aromatic carbocycles. The van der Waals surface area contributed by atoms with Crippen LogP contribution in [0.3, 0.4) is 0 Å². The van der Waals surface area contributed by atoms with Gasteiger partial charge in [-0.1, -0.05) is 20.3 Å². The summed E-state index contributed by atoms with van der Waals surface area (Å²) in [5.41, 5.74) is -0.746. The Bertz CT molecular complexity index is 271. The highest BCUT2D eigenvalue weighted by Gasteiger charge is 2.50. The first kappa shape index (κ1) is 12.8. The summed E-state index contributed by atoms with van der Waals surface area (Å²) in [6, 6.07) is 0. The average molecular weight is 229 g/mol. The van der Waals surface area contributed by atoms with Crippen molar-refractivity contribution >= 4 is 12.1 Å². The molecule has 1 amide bonds. The van der Waals surface area contributed by atoms with Crippen molar-refractivity contribution in [2.75, 3.05) is 19.7 Å². The van der Waals surface area contributed by atoms with Crippen molar-refractivity contribution in [3.63, 3.8) is 0 Å². The molecule has 5 heteroatoms. The normalized spacial score (nSPS) is 17.8. The Balaban J connectivity index is 2.34. The molecular formula is C11H19NO4. The van der Waals surface area contributed by atoms with Gasteiger partial charge in [0.05, 0.1) is 6.61 Å². The van der Waals surface area contributed by atoms with Gasteiger partial charge in [-0.3, -0.25) is 4.79 Å². The maximum Gasteiger partial charge on any atom is 0.409 e. The van der Waals surface area contributed by atoms with Gasteiger partial charge in [-0.2, -0.15) is 0 Å². The number of ether oxygens (including phenoxy) is 1. The summed E-state index contributed by atoms with van der Waals surface area (Å²) in [5.74, 6) is -0.826. The van der Waals surface area contributed by atoms with Crippen molar-refractivity contribution in [2.45, 2.75) is 33.1 Å². The number of rotatable bonds is 5. The molecular weight excluding hydrogens is 210 g/mol. The van der Waals surface area contributed by atoms with Crippen molar-refractivity contribution in [3.8, 4) is 0 Å². The van der Waals surface area contributed by atoms with Crippen LogP contribution in [0.15, 0.2) is 0 Å². The van der Waals surface area contributed by atoms with Gasteiger partial charge < -0.3 is 14.7 Å². The molecule has 0 radical (unpaired) electrons. The molecule has 1 fully saturated rings. The van der Waals surface area contributed by atoms with Gasteiger partial charge in [0.15, 0.2) is 0 Å². The van der Waals surface area contributed by atoms with Crippen molar-refractivity contribution in [1.82, 2.24) is 4.90 Å². The molecule has 0 unspecified atom stereocenters. The highest BCUT2D eigenvalue weighted by Crippen LogP contribution is 2.34. The van der Waals surface area contributed by atoms with Crippen LogP contribution in [-0.2, 0) is 9.53 Å².